The van der Waals surface area contributed by atoms with Gasteiger partial charge in [-0.2, -0.15) is 0 Å². The molecule has 1 aliphatic rings. The number of ether oxygens (including phenoxy) is 1. The van der Waals surface area contributed by atoms with E-state index in [0.717, 1.165) is 11.8 Å². The van der Waals surface area contributed by atoms with Crippen LogP contribution in [0.5, 0.6) is 11.6 Å². The number of hydrogen-bond acceptors (Lipinski definition) is 7. The van der Waals surface area contributed by atoms with Crippen molar-refractivity contribution in [3.8, 4) is 11.6 Å². The van der Waals surface area contributed by atoms with Crippen LogP contribution in [0.4, 0.5) is 11.4 Å². The van der Waals surface area contributed by atoms with E-state index in [1.165, 1.54) is 23.1 Å². The highest BCUT2D eigenvalue weighted by atomic mass is 32.1. The summed E-state index contributed by atoms with van der Waals surface area (Å²) >= 11 is 5.20. The number of amides is 2. The first kappa shape index (κ1) is 21.8. The number of thiocarbonyl (C=S) groups is 1. The number of carbonyl (C=O) groups is 2. The summed E-state index contributed by atoms with van der Waals surface area (Å²) in [6.45, 7) is 1.93. The summed E-state index contributed by atoms with van der Waals surface area (Å²) in [6.07, 6.45) is 2.57. The Bertz CT molecular complexity index is 1290. The lowest BCUT2D eigenvalue weighted by Gasteiger charge is -2.29. The van der Waals surface area contributed by atoms with Crippen molar-refractivity contribution in [2.45, 2.75) is 6.92 Å². The van der Waals surface area contributed by atoms with Crippen LogP contribution >= 0.6 is 12.2 Å². The molecule has 164 valence electrons. The molecule has 1 aromatic heterocycles. The highest BCUT2D eigenvalue weighted by molar-refractivity contribution is 7.80. The summed E-state index contributed by atoms with van der Waals surface area (Å²) in [7, 11) is 0. The van der Waals surface area contributed by atoms with Gasteiger partial charge >= 0.3 is 0 Å². The van der Waals surface area contributed by atoms with Crippen LogP contribution < -0.4 is 15.0 Å². The molecule has 1 saturated heterocycles. The van der Waals surface area contributed by atoms with Crippen molar-refractivity contribution in [2.75, 3.05) is 4.90 Å². The van der Waals surface area contributed by atoms with Crippen molar-refractivity contribution >= 4 is 46.6 Å². The summed E-state index contributed by atoms with van der Waals surface area (Å²) in [4.78, 5) is 40.8. The number of carbonyl (C=O) groups excluding carboxylic acids is 2. The van der Waals surface area contributed by atoms with E-state index >= 15 is 0 Å². The number of nitro groups is 1. The normalized spacial score (nSPS) is 14.9. The number of pyridine rings is 1. The summed E-state index contributed by atoms with van der Waals surface area (Å²) in [5.74, 6) is -0.483. The topological polar surface area (TPSA) is 115 Å². The molecule has 1 fully saturated rings. The number of rotatable bonds is 5. The molecule has 1 N–H and O–H groups in total. The third-order valence-corrected chi connectivity index (χ3v) is 5.02. The Balaban J connectivity index is 1.54. The van der Waals surface area contributed by atoms with Gasteiger partial charge in [0.2, 0.25) is 5.88 Å². The van der Waals surface area contributed by atoms with Crippen LogP contribution in [0.3, 0.4) is 0 Å². The average molecular weight is 460 g/mol. The molecule has 0 aliphatic carbocycles. The van der Waals surface area contributed by atoms with Gasteiger partial charge in [-0.25, -0.2) is 4.98 Å². The number of hydrogen-bond donors (Lipinski definition) is 1. The molecule has 1 aliphatic heterocycles. The van der Waals surface area contributed by atoms with Crippen molar-refractivity contribution in [2.24, 2.45) is 0 Å². The summed E-state index contributed by atoms with van der Waals surface area (Å²) in [5, 5.41) is 13.3. The Morgan fingerprint density at radius 2 is 1.76 bits per heavy atom. The fourth-order valence-electron chi connectivity index (χ4n) is 3.05. The molecule has 2 heterocycles. The molecule has 0 radical (unpaired) electrons. The third kappa shape index (κ3) is 4.75. The molecule has 0 atom stereocenters. The van der Waals surface area contributed by atoms with Crippen LogP contribution in [0.2, 0.25) is 0 Å². The molecule has 4 rings (SSSR count). The lowest BCUT2D eigenvalue weighted by atomic mass is 10.1. The molecule has 9 nitrogen and oxygen atoms in total. The van der Waals surface area contributed by atoms with Crippen LogP contribution in [0.15, 0.2) is 72.4 Å². The number of nitrogens with zero attached hydrogens (tertiary/aromatic N) is 3. The average Bonchev–Trinajstić information content (AvgIpc) is 2.79. The molecular formula is C23H16N4O5S. The molecule has 0 saturated carbocycles. The fraction of sp³-hybridized carbons (Fsp3) is 0.0435. The molecule has 0 spiro atoms. The van der Waals surface area contributed by atoms with E-state index in [0.29, 0.717) is 17.0 Å². The fourth-order valence-corrected chi connectivity index (χ4v) is 3.33. The molecule has 2 amide bonds. The van der Waals surface area contributed by atoms with Gasteiger partial charge in [0.25, 0.3) is 17.5 Å². The highest BCUT2D eigenvalue weighted by Crippen LogP contribution is 2.25. The van der Waals surface area contributed by atoms with Crippen LogP contribution in [-0.2, 0) is 9.59 Å². The molecular weight excluding hydrogens is 444 g/mol. The van der Waals surface area contributed by atoms with Crippen molar-refractivity contribution in [1.29, 1.82) is 0 Å². The van der Waals surface area contributed by atoms with Gasteiger partial charge in [-0.1, -0.05) is 29.8 Å². The quantitative estimate of drug-likeness (QED) is 0.202. The van der Waals surface area contributed by atoms with Gasteiger partial charge in [-0.05, 0) is 55.0 Å². The molecule has 0 unspecified atom stereocenters. The van der Waals surface area contributed by atoms with Gasteiger partial charge in [-0.3, -0.25) is 29.9 Å². The van der Waals surface area contributed by atoms with Gasteiger partial charge in [0, 0.05) is 12.1 Å². The summed E-state index contributed by atoms with van der Waals surface area (Å²) < 4.78 is 5.57. The Labute approximate surface area is 193 Å². The predicted molar refractivity (Wildman–Crippen MR) is 125 cm³/mol. The summed E-state index contributed by atoms with van der Waals surface area (Å²) in [6, 6.07) is 16.5. The number of aryl methyl sites for hydroxylation is 1. The molecule has 3 aromatic rings. The van der Waals surface area contributed by atoms with E-state index in [9.17, 15) is 19.7 Å². The maximum Gasteiger partial charge on any atom is 0.287 e. The smallest absolute Gasteiger partial charge is 0.287 e. The standard InChI is InChI=1S/C23H16N4O5S/c1-14-2-6-16(7-3-14)26-22(29)19(21(28)25-23(26)33)12-15-4-9-18(10-5-15)32-20-11-8-17(13-24-20)27(30)31/h2-13H,1H3,(H,25,28,33). The number of nitrogens with one attached hydrogen (secondary N) is 1. The Hall–Kier alpha value is -4.44. The van der Waals surface area contributed by atoms with Gasteiger partial charge in [0.05, 0.1) is 10.6 Å². The molecule has 10 heteroatoms. The first-order valence-electron chi connectivity index (χ1n) is 9.68. The predicted octanol–water partition coefficient (Wildman–Crippen LogP) is 3.92. The Kier molecular flexibility index (Phi) is 5.92. The lowest BCUT2D eigenvalue weighted by molar-refractivity contribution is -0.385. The van der Waals surface area contributed by atoms with Crippen molar-refractivity contribution in [3.63, 3.8) is 0 Å². The zero-order valence-corrected chi connectivity index (χ0v) is 18.0. The molecule has 2 aromatic carbocycles. The van der Waals surface area contributed by atoms with Crippen LogP contribution in [0, 0.1) is 17.0 Å². The van der Waals surface area contributed by atoms with Crippen molar-refractivity contribution < 1.29 is 19.2 Å². The first-order valence-corrected chi connectivity index (χ1v) is 10.1. The summed E-state index contributed by atoms with van der Waals surface area (Å²) in [5.41, 5.74) is 1.98. The minimum Gasteiger partial charge on any atom is -0.439 e. The van der Waals surface area contributed by atoms with Gasteiger partial charge < -0.3 is 4.74 Å². The zero-order valence-electron chi connectivity index (χ0n) is 17.2. The Morgan fingerprint density at radius 1 is 1.06 bits per heavy atom. The number of anilines is 1. The first-order chi connectivity index (χ1) is 15.8. The third-order valence-electron chi connectivity index (χ3n) is 4.74. The second kappa shape index (κ2) is 8.97. The zero-order chi connectivity index (χ0) is 23.5. The second-order valence-corrected chi connectivity index (χ2v) is 7.46. The van der Waals surface area contributed by atoms with E-state index in [1.54, 1.807) is 36.4 Å². The number of aromatic nitrogens is 1. The Morgan fingerprint density at radius 3 is 2.36 bits per heavy atom. The minimum absolute atomic E-state index is 0.0188. The van der Waals surface area contributed by atoms with Crippen LogP contribution in [0.1, 0.15) is 11.1 Å². The van der Waals surface area contributed by atoms with Crippen LogP contribution in [0.25, 0.3) is 6.08 Å². The van der Waals surface area contributed by atoms with E-state index < -0.39 is 16.7 Å². The van der Waals surface area contributed by atoms with Crippen molar-refractivity contribution in [1.82, 2.24) is 10.3 Å². The maximum absolute atomic E-state index is 13.0. The lowest BCUT2D eigenvalue weighted by Crippen LogP contribution is -2.54. The monoisotopic (exact) mass is 460 g/mol. The van der Waals surface area contributed by atoms with Gasteiger partial charge in [-0.15, -0.1) is 0 Å². The molecule has 33 heavy (non-hydrogen) atoms. The maximum atomic E-state index is 13.0. The van der Waals surface area contributed by atoms with E-state index in [4.69, 9.17) is 17.0 Å². The largest absolute Gasteiger partial charge is 0.439 e. The second-order valence-electron chi connectivity index (χ2n) is 7.08. The minimum atomic E-state index is -0.580. The van der Waals surface area contributed by atoms with E-state index in [1.807, 2.05) is 19.1 Å². The highest BCUT2D eigenvalue weighted by Gasteiger charge is 2.34. The van der Waals surface area contributed by atoms with Crippen LogP contribution in [-0.4, -0.2) is 26.8 Å². The molecule has 0 bridgehead atoms. The SMILES string of the molecule is Cc1ccc(N2C(=O)C(=Cc3ccc(Oc4ccc([N+](=O)[O-])cn4)cc3)C(=O)NC2=S)cc1. The number of benzene rings is 2. The van der Waals surface area contributed by atoms with E-state index in [2.05, 4.69) is 10.3 Å². The van der Waals surface area contributed by atoms with Gasteiger partial charge in [0.1, 0.15) is 17.5 Å². The van der Waals surface area contributed by atoms with Gasteiger partial charge in [0.15, 0.2) is 5.11 Å². The van der Waals surface area contributed by atoms with Crippen molar-refractivity contribution in [3.05, 3.63) is 93.7 Å². The van der Waals surface area contributed by atoms with E-state index in [-0.39, 0.29) is 22.3 Å².